The lowest BCUT2D eigenvalue weighted by Crippen LogP contribution is -2.54. The molecule has 1 amide bonds. The topological polar surface area (TPSA) is 82.7 Å². The molecule has 0 radical (unpaired) electrons. The van der Waals surface area contributed by atoms with Crippen LogP contribution in [0, 0.1) is 11.3 Å². The van der Waals surface area contributed by atoms with E-state index < -0.39 is 5.60 Å². The molecule has 3 heterocycles. The van der Waals surface area contributed by atoms with E-state index in [1.165, 1.54) is 0 Å². The summed E-state index contributed by atoms with van der Waals surface area (Å²) in [7, 11) is 0. The van der Waals surface area contributed by atoms with Crippen molar-refractivity contribution in [1.29, 1.82) is 5.26 Å². The van der Waals surface area contributed by atoms with Gasteiger partial charge in [-0.05, 0) is 62.5 Å². The molecule has 1 saturated heterocycles. The molecular weight excluding hydrogens is 410 g/mol. The number of piperidine rings is 1. The highest BCUT2D eigenvalue weighted by Gasteiger charge is 2.34. The number of anilines is 1. The summed E-state index contributed by atoms with van der Waals surface area (Å²) in [6.07, 6.45) is 4.61. The van der Waals surface area contributed by atoms with Crippen LogP contribution in [0.15, 0.2) is 22.9 Å². The molecule has 0 saturated carbocycles. The molecule has 8 heteroatoms. The molecule has 1 aliphatic heterocycles. The predicted molar refractivity (Wildman–Crippen MR) is 107 cm³/mol. The van der Waals surface area contributed by atoms with Crippen LogP contribution in [0.1, 0.15) is 46.1 Å². The molecule has 0 unspecified atom stereocenters. The predicted octanol–water partition coefficient (Wildman–Crippen LogP) is 3.85. The van der Waals surface area contributed by atoms with E-state index in [1.54, 1.807) is 10.7 Å². The van der Waals surface area contributed by atoms with Crippen molar-refractivity contribution in [3.8, 4) is 6.07 Å². The van der Waals surface area contributed by atoms with Crippen molar-refractivity contribution in [2.45, 2.75) is 51.7 Å². The van der Waals surface area contributed by atoms with Crippen LogP contribution in [-0.2, 0) is 4.74 Å². The second-order valence-electron chi connectivity index (χ2n) is 8.18. The van der Waals surface area contributed by atoms with E-state index in [4.69, 9.17) is 4.74 Å². The number of hydrogen-bond acceptors (Lipinski definition) is 5. The molecule has 0 spiro atoms. The van der Waals surface area contributed by atoms with Crippen molar-refractivity contribution in [2.24, 2.45) is 0 Å². The zero-order valence-corrected chi connectivity index (χ0v) is 17.6. The van der Waals surface area contributed by atoms with Crippen LogP contribution in [0.25, 0.3) is 5.52 Å². The lowest BCUT2D eigenvalue weighted by atomic mass is 9.89. The first-order valence-electron chi connectivity index (χ1n) is 8.93. The molecule has 0 bridgehead atoms. The lowest BCUT2D eigenvalue weighted by Gasteiger charge is -2.41. The quantitative estimate of drug-likeness (QED) is 0.777. The third-order valence-corrected chi connectivity index (χ3v) is 5.12. The normalized spacial score (nSPS) is 16.8. The van der Waals surface area contributed by atoms with Gasteiger partial charge in [0.05, 0.1) is 17.4 Å². The van der Waals surface area contributed by atoms with E-state index in [-0.39, 0.29) is 11.6 Å². The summed E-state index contributed by atoms with van der Waals surface area (Å²) in [4.78, 5) is 14.4. The van der Waals surface area contributed by atoms with Gasteiger partial charge in [-0.25, -0.2) is 9.31 Å². The van der Waals surface area contributed by atoms with Gasteiger partial charge in [0.25, 0.3) is 0 Å². The SMILES string of the molecule is CC1(NC(=O)OC(C)(C)C)CCN(c2cc(Br)cn3ncc(C#N)c23)CC1. The maximum atomic E-state index is 12.2. The summed E-state index contributed by atoms with van der Waals surface area (Å²) in [6, 6.07) is 4.23. The van der Waals surface area contributed by atoms with Crippen molar-refractivity contribution in [2.75, 3.05) is 18.0 Å². The number of fused-ring (bicyclic) bond motifs is 1. The number of carbonyl (C=O) groups is 1. The highest BCUT2D eigenvalue weighted by Crippen LogP contribution is 2.32. The monoisotopic (exact) mass is 433 g/mol. The number of hydrogen-bond donors (Lipinski definition) is 1. The van der Waals surface area contributed by atoms with Gasteiger partial charge < -0.3 is 15.0 Å². The van der Waals surface area contributed by atoms with Crippen LogP contribution < -0.4 is 10.2 Å². The molecule has 0 aliphatic carbocycles. The van der Waals surface area contributed by atoms with Crippen LogP contribution in [0.2, 0.25) is 0 Å². The molecule has 27 heavy (non-hydrogen) atoms. The Morgan fingerprint density at radius 3 is 2.67 bits per heavy atom. The number of nitriles is 1. The summed E-state index contributed by atoms with van der Waals surface area (Å²) < 4.78 is 8.02. The molecule has 1 N–H and O–H groups in total. The number of halogens is 1. The Kier molecular flexibility index (Phi) is 5.08. The van der Waals surface area contributed by atoms with E-state index in [2.05, 4.69) is 37.3 Å². The van der Waals surface area contributed by atoms with E-state index in [0.29, 0.717) is 5.56 Å². The average molecular weight is 434 g/mol. The molecule has 1 aliphatic rings. The Morgan fingerprint density at radius 1 is 1.41 bits per heavy atom. The van der Waals surface area contributed by atoms with Crippen molar-refractivity contribution < 1.29 is 9.53 Å². The Morgan fingerprint density at radius 2 is 2.07 bits per heavy atom. The van der Waals surface area contributed by atoms with Gasteiger partial charge in [-0.15, -0.1) is 0 Å². The minimum atomic E-state index is -0.515. The fourth-order valence-electron chi connectivity index (χ4n) is 3.31. The van der Waals surface area contributed by atoms with Crippen molar-refractivity contribution in [1.82, 2.24) is 14.9 Å². The number of pyridine rings is 1. The zero-order chi connectivity index (χ0) is 19.8. The van der Waals surface area contributed by atoms with Crippen molar-refractivity contribution >= 4 is 33.2 Å². The smallest absolute Gasteiger partial charge is 0.408 e. The first-order chi connectivity index (χ1) is 12.6. The Labute approximate surface area is 167 Å². The van der Waals surface area contributed by atoms with Crippen LogP contribution in [-0.4, -0.2) is 39.9 Å². The summed E-state index contributed by atoms with van der Waals surface area (Å²) in [5.41, 5.74) is 1.50. The standard InChI is InChI=1S/C19H24BrN5O2/c1-18(2,3)27-17(26)23-19(4)5-7-24(8-6-19)15-9-14(20)12-25-16(15)13(10-21)11-22-25/h9,11-12H,5-8H2,1-4H3,(H,23,26). The van der Waals surface area contributed by atoms with Crippen molar-refractivity contribution in [3.63, 3.8) is 0 Å². The number of nitrogens with zero attached hydrogens (tertiary/aromatic N) is 4. The fraction of sp³-hybridized carbons (Fsp3) is 0.526. The van der Waals surface area contributed by atoms with Crippen LogP contribution in [0.4, 0.5) is 10.5 Å². The van der Waals surface area contributed by atoms with Gasteiger partial charge in [0.15, 0.2) is 0 Å². The molecule has 1 fully saturated rings. The molecule has 0 atom stereocenters. The van der Waals surface area contributed by atoms with Gasteiger partial charge in [-0.3, -0.25) is 0 Å². The van der Waals surface area contributed by atoms with E-state index in [0.717, 1.165) is 41.6 Å². The number of rotatable bonds is 2. The number of nitrogens with one attached hydrogen (secondary N) is 1. The summed E-state index contributed by atoms with van der Waals surface area (Å²) >= 11 is 3.52. The number of aromatic nitrogens is 2. The van der Waals surface area contributed by atoms with Gasteiger partial charge in [-0.1, -0.05) is 0 Å². The number of amides is 1. The molecular formula is C19H24BrN5O2. The van der Waals surface area contributed by atoms with Gasteiger partial charge in [-0.2, -0.15) is 10.4 Å². The second kappa shape index (κ2) is 7.04. The van der Waals surface area contributed by atoms with Crippen LogP contribution in [0.3, 0.4) is 0 Å². The highest BCUT2D eigenvalue weighted by atomic mass is 79.9. The zero-order valence-electron chi connectivity index (χ0n) is 16.0. The summed E-state index contributed by atoms with van der Waals surface area (Å²) in [5.74, 6) is 0. The molecule has 3 rings (SSSR count). The minimum absolute atomic E-state index is 0.320. The largest absolute Gasteiger partial charge is 0.444 e. The third-order valence-electron chi connectivity index (χ3n) is 4.69. The third kappa shape index (κ3) is 4.35. The Bertz CT molecular complexity index is 901. The summed E-state index contributed by atoms with van der Waals surface area (Å²) in [5, 5.41) is 16.7. The summed E-state index contributed by atoms with van der Waals surface area (Å²) in [6.45, 7) is 9.13. The number of ether oxygens (including phenoxy) is 1. The Hall–Kier alpha value is -2.27. The van der Waals surface area contributed by atoms with Gasteiger partial charge in [0, 0.05) is 29.3 Å². The number of alkyl carbamates (subject to hydrolysis) is 1. The van der Waals surface area contributed by atoms with Crippen LogP contribution >= 0.6 is 15.9 Å². The first kappa shape index (κ1) is 19.5. The van der Waals surface area contributed by atoms with Gasteiger partial charge in [0.2, 0.25) is 0 Å². The van der Waals surface area contributed by atoms with E-state index in [1.807, 2.05) is 40.0 Å². The van der Waals surface area contributed by atoms with Crippen LogP contribution in [0.5, 0.6) is 0 Å². The molecule has 2 aromatic heterocycles. The second-order valence-corrected chi connectivity index (χ2v) is 9.10. The lowest BCUT2D eigenvalue weighted by molar-refractivity contribution is 0.0448. The van der Waals surface area contributed by atoms with Gasteiger partial charge in [0.1, 0.15) is 17.2 Å². The molecule has 2 aromatic rings. The minimum Gasteiger partial charge on any atom is -0.444 e. The molecule has 7 nitrogen and oxygen atoms in total. The molecule has 144 valence electrons. The van der Waals surface area contributed by atoms with E-state index in [9.17, 15) is 10.1 Å². The highest BCUT2D eigenvalue weighted by molar-refractivity contribution is 9.10. The maximum Gasteiger partial charge on any atom is 0.408 e. The fourth-order valence-corrected chi connectivity index (χ4v) is 3.72. The maximum absolute atomic E-state index is 12.2. The number of carbonyl (C=O) groups excluding carboxylic acids is 1. The van der Waals surface area contributed by atoms with Gasteiger partial charge >= 0.3 is 6.09 Å². The Balaban J connectivity index is 1.76. The average Bonchev–Trinajstić information content (AvgIpc) is 2.95. The first-order valence-corrected chi connectivity index (χ1v) is 9.73. The molecule has 0 aromatic carbocycles. The van der Waals surface area contributed by atoms with E-state index >= 15 is 0 Å². The van der Waals surface area contributed by atoms with Crippen molar-refractivity contribution in [3.05, 3.63) is 28.5 Å².